The van der Waals surface area contributed by atoms with Crippen LogP contribution in [0.1, 0.15) is 5.69 Å². The lowest BCUT2D eigenvalue weighted by Crippen LogP contribution is -1.98. The van der Waals surface area contributed by atoms with E-state index in [1.807, 2.05) is 20.0 Å². The number of rotatable bonds is 2. The highest BCUT2D eigenvalue weighted by Crippen LogP contribution is 2.20. The van der Waals surface area contributed by atoms with Gasteiger partial charge < -0.3 is 10.4 Å². The zero-order chi connectivity index (χ0) is 11.5. The summed E-state index contributed by atoms with van der Waals surface area (Å²) in [5, 5.41) is 12.2. The van der Waals surface area contributed by atoms with Gasteiger partial charge in [0.15, 0.2) is 5.82 Å². The van der Waals surface area contributed by atoms with Crippen molar-refractivity contribution in [3.63, 3.8) is 0 Å². The molecule has 0 unspecified atom stereocenters. The summed E-state index contributed by atoms with van der Waals surface area (Å²) < 4.78 is 0. The van der Waals surface area contributed by atoms with E-state index in [0.29, 0.717) is 5.82 Å². The minimum Gasteiger partial charge on any atom is -0.508 e. The van der Waals surface area contributed by atoms with Crippen molar-refractivity contribution in [2.75, 3.05) is 12.4 Å². The van der Waals surface area contributed by atoms with Crippen molar-refractivity contribution in [1.29, 1.82) is 0 Å². The van der Waals surface area contributed by atoms with Crippen molar-refractivity contribution in [3.05, 3.63) is 36.0 Å². The molecule has 0 radical (unpaired) electrons. The molecule has 4 nitrogen and oxygen atoms in total. The van der Waals surface area contributed by atoms with Gasteiger partial charge in [-0.3, -0.25) is 0 Å². The molecule has 4 heteroatoms. The molecule has 0 aliphatic heterocycles. The number of benzene rings is 1. The monoisotopic (exact) mass is 215 g/mol. The molecule has 0 bridgehead atoms. The predicted molar refractivity (Wildman–Crippen MR) is 63.4 cm³/mol. The highest BCUT2D eigenvalue weighted by molar-refractivity contribution is 5.58. The van der Waals surface area contributed by atoms with Gasteiger partial charge in [-0.2, -0.15) is 0 Å². The van der Waals surface area contributed by atoms with Crippen molar-refractivity contribution in [2.24, 2.45) is 0 Å². The molecule has 2 N–H and O–H groups in total. The van der Waals surface area contributed by atoms with Gasteiger partial charge >= 0.3 is 0 Å². The van der Waals surface area contributed by atoms with Crippen LogP contribution >= 0.6 is 0 Å². The van der Waals surface area contributed by atoms with Crippen molar-refractivity contribution < 1.29 is 5.11 Å². The van der Waals surface area contributed by atoms with Crippen molar-refractivity contribution in [1.82, 2.24) is 9.97 Å². The lowest BCUT2D eigenvalue weighted by atomic mass is 10.2. The summed E-state index contributed by atoms with van der Waals surface area (Å²) >= 11 is 0. The molecule has 0 saturated carbocycles. The number of anilines is 1. The normalized spacial score (nSPS) is 10.1. The first-order valence-electron chi connectivity index (χ1n) is 5.02. The zero-order valence-corrected chi connectivity index (χ0v) is 9.23. The van der Waals surface area contributed by atoms with Crippen LogP contribution in [0.3, 0.4) is 0 Å². The minimum absolute atomic E-state index is 0.241. The summed E-state index contributed by atoms with van der Waals surface area (Å²) in [6, 6.07) is 8.72. The summed E-state index contributed by atoms with van der Waals surface area (Å²) in [7, 11) is 1.82. The Labute approximate surface area is 94.0 Å². The predicted octanol–water partition coefficient (Wildman–Crippen LogP) is 2.20. The minimum atomic E-state index is 0.241. The highest BCUT2D eigenvalue weighted by atomic mass is 16.3. The standard InChI is InChI=1S/C12H13N3O/c1-8-7-11(13-2)15-12(14-8)9-3-5-10(16)6-4-9/h3-7,16H,1-2H3,(H,13,14,15). The first kappa shape index (κ1) is 10.4. The van der Waals surface area contributed by atoms with Gasteiger partial charge in [0, 0.05) is 24.4 Å². The Kier molecular flexibility index (Phi) is 2.72. The van der Waals surface area contributed by atoms with Gasteiger partial charge in [-0.25, -0.2) is 9.97 Å². The molecule has 1 aromatic carbocycles. The highest BCUT2D eigenvalue weighted by Gasteiger charge is 2.03. The van der Waals surface area contributed by atoms with Crippen LogP contribution in [0.25, 0.3) is 11.4 Å². The van der Waals surface area contributed by atoms with Gasteiger partial charge in [0.2, 0.25) is 0 Å². The molecule has 2 rings (SSSR count). The molecule has 2 aromatic rings. The molecule has 0 atom stereocenters. The van der Waals surface area contributed by atoms with E-state index in [-0.39, 0.29) is 5.75 Å². The van der Waals surface area contributed by atoms with Crippen LogP contribution in [0.5, 0.6) is 5.75 Å². The van der Waals surface area contributed by atoms with E-state index in [2.05, 4.69) is 15.3 Å². The van der Waals surface area contributed by atoms with Crippen LogP contribution in [0.2, 0.25) is 0 Å². The Balaban J connectivity index is 2.47. The van der Waals surface area contributed by atoms with Crippen molar-refractivity contribution in [3.8, 4) is 17.1 Å². The molecule has 0 aliphatic carbocycles. The van der Waals surface area contributed by atoms with Crippen molar-refractivity contribution in [2.45, 2.75) is 6.92 Å². The topological polar surface area (TPSA) is 58.0 Å². The Morgan fingerprint density at radius 1 is 1.12 bits per heavy atom. The number of phenols is 1. The number of nitrogens with zero attached hydrogens (tertiary/aromatic N) is 2. The maximum atomic E-state index is 9.21. The second kappa shape index (κ2) is 4.18. The summed E-state index contributed by atoms with van der Waals surface area (Å²) in [5.41, 5.74) is 1.79. The lowest BCUT2D eigenvalue weighted by Gasteiger charge is -2.05. The van der Waals surface area contributed by atoms with Crippen LogP contribution in [0.4, 0.5) is 5.82 Å². The Morgan fingerprint density at radius 3 is 2.44 bits per heavy atom. The molecular weight excluding hydrogens is 202 g/mol. The first-order valence-corrected chi connectivity index (χ1v) is 5.02. The number of aromatic hydroxyl groups is 1. The average Bonchev–Trinajstić information content (AvgIpc) is 2.29. The SMILES string of the molecule is CNc1cc(C)nc(-c2ccc(O)cc2)n1. The van der Waals surface area contributed by atoms with Gasteiger partial charge in [-0.15, -0.1) is 0 Å². The number of hydrogen-bond donors (Lipinski definition) is 2. The van der Waals surface area contributed by atoms with Crippen molar-refractivity contribution >= 4 is 5.82 Å². The first-order chi connectivity index (χ1) is 7.69. The van der Waals surface area contributed by atoms with E-state index in [1.54, 1.807) is 24.3 Å². The fraction of sp³-hybridized carbons (Fsp3) is 0.167. The number of nitrogens with one attached hydrogen (secondary N) is 1. The Hall–Kier alpha value is -2.10. The molecular formula is C12H13N3O. The Morgan fingerprint density at radius 2 is 1.81 bits per heavy atom. The third kappa shape index (κ3) is 2.11. The molecule has 82 valence electrons. The molecule has 0 spiro atoms. The van der Waals surface area contributed by atoms with E-state index in [9.17, 15) is 5.11 Å². The molecule has 16 heavy (non-hydrogen) atoms. The van der Waals surface area contributed by atoms with Gasteiger partial charge in [-0.05, 0) is 31.2 Å². The zero-order valence-electron chi connectivity index (χ0n) is 9.23. The molecule has 0 fully saturated rings. The second-order valence-corrected chi connectivity index (χ2v) is 3.52. The molecule has 0 amide bonds. The smallest absolute Gasteiger partial charge is 0.161 e. The summed E-state index contributed by atoms with van der Waals surface area (Å²) in [4.78, 5) is 8.70. The van der Waals surface area contributed by atoms with Gasteiger partial charge in [0.1, 0.15) is 11.6 Å². The molecule has 0 aliphatic rings. The molecule has 1 aromatic heterocycles. The van der Waals surface area contributed by atoms with Gasteiger partial charge in [-0.1, -0.05) is 0 Å². The number of hydrogen-bond acceptors (Lipinski definition) is 4. The second-order valence-electron chi connectivity index (χ2n) is 3.52. The average molecular weight is 215 g/mol. The lowest BCUT2D eigenvalue weighted by molar-refractivity contribution is 0.475. The van der Waals surface area contributed by atoms with E-state index in [1.165, 1.54) is 0 Å². The van der Waals surface area contributed by atoms with Crippen LogP contribution in [0.15, 0.2) is 30.3 Å². The van der Waals surface area contributed by atoms with Gasteiger partial charge in [0.25, 0.3) is 0 Å². The number of phenolic OH excluding ortho intramolecular Hbond substituents is 1. The third-order valence-corrected chi connectivity index (χ3v) is 2.24. The van der Waals surface area contributed by atoms with E-state index in [4.69, 9.17) is 0 Å². The van der Waals surface area contributed by atoms with Crippen LogP contribution < -0.4 is 5.32 Å². The maximum absolute atomic E-state index is 9.21. The van der Waals surface area contributed by atoms with E-state index in [0.717, 1.165) is 17.1 Å². The van der Waals surface area contributed by atoms with Crippen LogP contribution in [0, 0.1) is 6.92 Å². The number of aromatic nitrogens is 2. The third-order valence-electron chi connectivity index (χ3n) is 2.24. The fourth-order valence-corrected chi connectivity index (χ4v) is 1.44. The van der Waals surface area contributed by atoms with Crippen LogP contribution in [-0.2, 0) is 0 Å². The van der Waals surface area contributed by atoms with E-state index < -0.39 is 0 Å². The van der Waals surface area contributed by atoms with E-state index >= 15 is 0 Å². The molecule has 0 saturated heterocycles. The maximum Gasteiger partial charge on any atom is 0.161 e. The quantitative estimate of drug-likeness (QED) is 0.806. The summed E-state index contributed by atoms with van der Waals surface area (Å²) in [6.07, 6.45) is 0. The van der Waals surface area contributed by atoms with Gasteiger partial charge in [0.05, 0.1) is 0 Å². The fourth-order valence-electron chi connectivity index (χ4n) is 1.44. The number of aryl methyl sites for hydroxylation is 1. The molecule has 1 heterocycles. The Bertz CT molecular complexity index is 494. The largest absolute Gasteiger partial charge is 0.508 e. The summed E-state index contributed by atoms with van der Waals surface area (Å²) in [5.74, 6) is 1.69. The summed E-state index contributed by atoms with van der Waals surface area (Å²) in [6.45, 7) is 1.92. The van der Waals surface area contributed by atoms with Crippen LogP contribution in [-0.4, -0.2) is 22.1 Å².